The molecule has 1 aromatic carbocycles. The predicted octanol–water partition coefficient (Wildman–Crippen LogP) is 0.906. The summed E-state index contributed by atoms with van der Waals surface area (Å²) in [5.41, 5.74) is 1.03. The molecule has 2 rings (SSSR count). The average Bonchev–Trinajstić information content (AvgIpc) is 2.46. The Bertz CT molecular complexity index is 435. The number of amides is 1. The van der Waals surface area contributed by atoms with Crippen molar-refractivity contribution in [2.75, 3.05) is 26.7 Å². The van der Waals surface area contributed by atoms with Crippen molar-refractivity contribution in [1.29, 1.82) is 0 Å². The maximum atomic E-state index is 13.0. The van der Waals surface area contributed by atoms with Crippen LogP contribution in [0.2, 0.25) is 0 Å². The van der Waals surface area contributed by atoms with Crippen molar-refractivity contribution < 1.29 is 9.18 Å². The third kappa shape index (κ3) is 3.11. The zero-order valence-electron chi connectivity index (χ0n) is 11.3. The van der Waals surface area contributed by atoms with Crippen LogP contribution in [-0.4, -0.2) is 43.5 Å². The van der Waals surface area contributed by atoms with Crippen molar-refractivity contribution in [2.24, 2.45) is 0 Å². The van der Waals surface area contributed by atoms with Gasteiger partial charge in [-0.05, 0) is 24.6 Å². The highest BCUT2D eigenvalue weighted by Gasteiger charge is 2.31. The molecular weight excluding hydrogens is 245 g/mol. The first-order valence-corrected chi connectivity index (χ1v) is 6.57. The van der Waals surface area contributed by atoms with Gasteiger partial charge in [-0.15, -0.1) is 0 Å². The Morgan fingerprint density at radius 2 is 2.16 bits per heavy atom. The number of nitrogens with one attached hydrogen (secondary N) is 2. The molecule has 104 valence electrons. The van der Waals surface area contributed by atoms with Crippen LogP contribution in [0.4, 0.5) is 4.39 Å². The van der Waals surface area contributed by atoms with E-state index in [1.807, 2.05) is 0 Å². The lowest BCUT2D eigenvalue weighted by atomic mass is 10.0. The quantitative estimate of drug-likeness (QED) is 0.853. The van der Waals surface area contributed by atoms with E-state index in [9.17, 15) is 9.18 Å². The van der Waals surface area contributed by atoms with Gasteiger partial charge in [-0.2, -0.15) is 0 Å². The Labute approximate surface area is 113 Å². The molecule has 1 heterocycles. The van der Waals surface area contributed by atoms with Crippen molar-refractivity contribution in [3.05, 3.63) is 35.6 Å². The molecule has 0 bridgehead atoms. The number of carbonyl (C=O) groups excluding carboxylic acids is 1. The molecule has 1 aliphatic heterocycles. The van der Waals surface area contributed by atoms with Crippen LogP contribution in [-0.2, 0) is 4.79 Å². The minimum atomic E-state index is -0.237. The van der Waals surface area contributed by atoms with Crippen molar-refractivity contribution in [1.82, 2.24) is 15.5 Å². The van der Waals surface area contributed by atoms with Crippen LogP contribution in [0.1, 0.15) is 18.5 Å². The Kier molecular flexibility index (Phi) is 4.50. The second kappa shape index (κ2) is 6.12. The number of rotatable bonds is 3. The van der Waals surface area contributed by atoms with Crippen LogP contribution < -0.4 is 10.6 Å². The summed E-state index contributed by atoms with van der Waals surface area (Å²) in [6.07, 6.45) is 0. The summed E-state index contributed by atoms with van der Waals surface area (Å²) in [6, 6.07) is 6.39. The molecule has 2 unspecified atom stereocenters. The predicted molar refractivity (Wildman–Crippen MR) is 72.2 cm³/mol. The maximum absolute atomic E-state index is 13.0. The normalized spacial score (nSPS) is 21.9. The fourth-order valence-electron chi connectivity index (χ4n) is 2.53. The number of likely N-dealkylation sites (N-methyl/N-ethyl adjacent to an activating group) is 1. The smallest absolute Gasteiger partial charge is 0.238 e. The molecule has 1 saturated heterocycles. The van der Waals surface area contributed by atoms with Gasteiger partial charge in [0.2, 0.25) is 5.91 Å². The topological polar surface area (TPSA) is 44.4 Å². The van der Waals surface area contributed by atoms with Gasteiger partial charge in [0.25, 0.3) is 0 Å². The first-order chi connectivity index (χ1) is 9.13. The number of carbonyl (C=O) groups is 1. The molecule has 5 heteroatoms. The lowest BCUT2D eigenvalue weighted by Crippen LogP contribution is -2.57. The summed E-state index contributed by atoms with van der Waals surface area (Å²) in [5.74, 6) is -0.222. The highest BCUT2D eigenvalue weighted by molar-refractivity contribution is 5.81. The molecule has 0 aliphatic carbocycles. The van der Waals surface area contributed by atoms with Crippen molar-refractivity contribution in [2.45, 2.75) is 19.0 Å². The molecule has 4 nitrogen and oxygen atoms in total. The second-order valence-electron chi connectivity index (χ2n) is 4.80. The number of hydrogen-bond donors (Lipinski definition) is 2. The van der Waals surface area contributed by atoms with Gasteiger partial charge in [-0.1, -0.05) is 12.1 Å². The second-order valence-corrected chi connectivity index (χ2v) is 4.80. The van der Waals surface area contributed by atoms with Gasteiger partial charge < -0.3 is 10.6 Å². The van der Waals surface area contributed by atoms with Gasteiger partial charge in [-0.3, -0.25) is 9.69 Å². The third-order valence-corrected chi connectivity index (χ3v) is 3.68. The van der Waals surface area contributed by atoms with Gasteiger partial charge in [0, 0.05) is 32.7 Å². The molecule has 0 spiro atoms. The fraction of sp³-hybridized carbons (Fsp3) is 0.500. The Balaban J connectivity index is 2.17. The molecular formula is C14H20FN3O. The van der Waals surface area contributed by atoms with E-state index >= 15 is 0 Å². The highest BCUT2D eigenvalue weighted by atomic mass is 19.1. The van der Waals surface area contributed by atoms with Crippen LogP contribution in [0.3, 0.4) is 0 Å². The minimum Gasteiger partial charge on any atom is -0.358 e. The average molecular weight is 265 g/mol. The number of nitrogens with zero attached hydrogens (tertiary/aromatic N) is 1. The molecule has 0 radical (unpaired) electrons. The van der Waals surface area contributed by atoms with Gasteiger partial charge in [0.05, 0.1) is 0 Å². The summed E-state index contributed by atoms with van der Waals surface area (Å²) in [6.45, 7) is 4.36. The summed E-state index contributed by atoms with van der Waals surface area (Å²) in [7, 11) is 1.65. The standard InChI is InChI=1S/C14H20FN3O/c1-10(11-3-5-12(15)6-4-11)18-8-7-17-9-13(18)14(19)16-2/h3-6,10,13,17H,7-9H2,1-2H3,(H,16,19). The highest BCUT2D eigenvalue weighted by Crippen LogP contribution is 2.23. The van der Waals surface area contributed by atoms with E-state index in [0.717, 1.165) is 18.7 Å². The molecule has 1 aromatic rings. The van der Waals surface area contributed by atoms with Crippen LogP contribution in [0, 0.1) is 5.82 Å². The van der Waals surface area contributed by atoms with Crippen LogP contribution in [0.25, 0.3) is 0 Å². The molecule has 2 N–H and O–H groups in total. The zero-order chi connectivity index (χ0) is 13.8. The van der Waals surface area contributed by atoms with Crippen LogP contribution in [0.5, 0.6) is 0 Å². The number of halogens is 1. The van der Waals surface area contributed by atoms with Crippen molar-refractivity contribution in [3.8, 4) is 0 Å². The molecule has 2 atom stereocenters. The SMILES string of the molecule is CNC(=O)C1CNCCN1C(C)c1ccc(F)cc1. The Morgan fingerprint density at radius 1 is 1.47 bits per heavy atom. The van der Waals surface area contributed by atoms with Crippen molar-refractivity contribution >= 4 is 5.91 Å². The lowest BCUT2D eigenvalue weighted by Gasteiger charge is -2.39. The maximum Gasteiger partial charge on any atom is 0.238 e. The molecule has 1 fully saturated rings. The van der Waals surface area contributed by atoms with E-state index < -0.39 is 0 Å². The van der Waals surface area contributed by atoms with Gasteiger partial charge in [0.15, 0.2) is 0 Å². The first kappa shape index (κ1) is 14.0. The number of hydrogen-bond acceptors (Lipinski definition) is 3. The zero-order valence-corrected chi connectivity index (χ0v) is 11.3. The molecule has 19 heavy (non-hydrogen) atoms. The summed E-state index contributed by atoms with van der Waals surface area (Å²) >= 11 is 0. The third-order valence-electron chi connectivity index (χ3n) is 3.68. The Morgan fingerprint density at radius 3 is 2.79 bits per heavy atom. The number of piperazine rings is 1. The van der Waals surface area contributed by atoms with Crippen molar-refractivity contribution in [3.63, 3.8) is 0 Å². The van der Waals surface area contributed by atoms with E-state index in [2.05, 4.69) is 22.5 Å². The van der Waals surface area contributed by atoms with E-state index in [-0.39, 0.29) is 23.8 Å². The van der Waals surface area contributed by atoms with E-state index in [4.69, 9.17) is 0 Å². The monoisotopic (exact) mass is 265 g/mol. The van der Waals surface area contributed by atoms with Gasteiger partial charge in [-0.25, -0.2) is 4.39 Å². The van der Waals surface area contributed by atoms with Gasteiger partial charge >= 0.3 is 0 Å². The van der Waals surface area contributed by atoms with E-state index in [1.54, 1.807) is 19.2 Å². The molecule has 1 aliphatic rings. The minimum absolute atomic E-state index is 0.0150. The lowest BCUT2D eigenvalue weighted by molar-refractivity contribution is -0.127. The molecule has 0 saturated carbocycles. The first-order valence-electron chi connectivity index (χ1n) is 6.57. The molecule has 0 aromatic heterocycles. The van der Waals surface area contributed by atoms with E-state index in [0.29, 0.717) is 6.54 Å². The largest absolute Gasteiger partial charge is 0.358 e. The Hall–Kier alpha value is -1.46. The summed E-state index contributed by atoms with van der Waals surface area (Å²) < 4.78 is 13.0. The summed E-state index contributed by atoms with van der Waals surface area (Å²) in [4.78, 5) is 14.1. The summed E-state index contributed by atoms with van der Waals surface area (Å²) in [5, 5.41) is 5.93. The van der Waals surface area contributed by atoms with Crippen LogP contribution in [0.15, 0.2) is 24.3 Å². The molecule has 1 amide bonds. The number of benzene rings is 1. The van der Waals surface area contributed by atoms with Crippen LogP contribution >= 0.6 is 0 Å². The fourth-order valence-corrected chi connectivity index (χ4v) is 2.53. The van der Waals surface area contributed by atoms with Gasteiger partial charge in [0.1, 0.15) is 11.9 Å². The van der Waals surface area contributed by atoms with E-state index in [1.165, 1.54) is 12.1 Å².